The van der Waals surface area contributed by atoms with Gasteiger partial charge in [0.1, 0.15) is 6.10 Å². The fraction of sp³-hybridized carbons (Fsp3) is 0.684. The monoisotopic (exact) mass is 348 g/mol. The molecule has 25 heavy (non-hydrogen) atoms. The minimum Gasteiger partial charge on any atom is -0.474 e. The zero-order valence-electron chi connectivity index (χ0n) is 15.9. The van der Waals surface area contributed by atoms with Crippen molar-refractivity contribution < 1.29 is 9.47 Å². The number of rotatable bonds is 7. The van der Waals surface area contributed by atoms with Gasteiger partial charge in [-0.3, -0.25) is 4.99 Å². The third-order valence-corrected chi connectivity index (χ3v) is 4.53. The van der Waals surface area contributed by atoms with E-state index in [0.717, 1.165) is 36.2 Å². The van der Waals surface area contributed by atoms with Crippen molar-refractivity contribution >= 4 is 5.96 Å². The molecule has 140 valence electrons. The maximum absolute atomic E-state index is 6.07. The second-order valence-corrected chi connectivity index (χ2v) is 6.93. The predicted octanol–water partition coefficient (Wildman–Crippen LogP) is 2.74. The number of aromatic nitrogens is 1. The molecule has 1 fully saturated rings. The van der Waals surface area contributed by atoms with Crippen LogP contribution >= 0.6 is 0 Å². The van der Waals surface area contributed by atoms with Crippen molar-refractivity contribution in [3.63, 3.8) is 0 Å². The van der Waals surface area contributed by atoms with E-state index in [4.69, 9.17) is 9.47 Å². The molecule has 2 N–H and O–H groups in total. The molecule has 1 aliphatic rings. The summed E-state index contributed by atoms with van der Waals surface area (Å²) in [5.41, 5.74) is 1.12. The summed E-state index contributed by atoms with van der Waals surface area (Å²) in [7, 11) is 3.46. The van der Waals surface area contributed by atoms with Crippen LogP contribution in [0.4, 0.5) is 0 Å². The molecule has 0 amide bonds. The zero-order chi connectivity index (χ0) is 18.1. The van der Waals surface area contributed by atoms with Crippen LogP contribution in [0.2, 0.25) is 0 Å². The number of methoxy groups -OCH3 is 1. The molecule has 1 aliphatic carbocycles. The standard InChI is InChI=1S/C19H32N4O2/c1-14-5-7-17(8-6-14)25-18-11-16(9-10-21-18)12-22-19(20-3)23-15(2)13-24-4/h9-11,14-15,17H,5-8,12-13H2,1-4H3,(H2,20,22,23). The van der Waals surface area contributed by atoms with Gasteiger partial charge in [-0.15, -0.1) is 0 Å². The second kappa shape index (κ2) is 10.2. The number of aliphatic imine (C=N–C) groups is 1. The van der Waals surface area contributed by atoms with Crippen LogP contribution in [0.1, 0.15) is 45.1 Å². The molecule has 1 unspecified atom stereocenters. The largest absolute Gasteiger partial charge is 0.474 e. The Kier molecular flexibility index (Phi) is 7.98. The Bertz CT molecular complexity index is 542. The molecule has 1 atom stereocenters. The summed E-state index contributed by atoms with van der Waals surface area (Å²) in [5.74, 6) is 2.29. The molecule has 0 aliphatic heterocycles. The number of hydrogen-bond donors (Lipinski definition) is 2. The van der Waals surface area contributed by atoms with Crippen LogP contribution in [-0.2, 0) is 11.3 Å². The van der Waals surface area contributed by atoms with Gasteiger partial charge in [0.25, 0.3) is 0 Å². The molecule has 6 nitrogen and oxygen atoms in total. The Morgan fingerprint density at radius 3 is 2.80 bits per heavy atom. The van der Waals surface area contributed by atoms with Crippen LogP contribution in [0, 0.1) is 5.92 Å². The molecule has 2 rings (SSSR count). The second-order valence-electron chi connectivity index (χ2n) is 6.93. The van der Waals surface area contributed by atoms with E-state index < -0.39 is 0 Å². The highest BCUT2D eigenvalue weighted by Gasteiger charge is 2.19. The third-order valence-electron chi connectivity index (χ3n) is 4.53. The van der Waals surface area contributed by atoms with Gasteiger partial charge in [0.2, 0.25) is 5.88 Å². The Morgan fingerprint density at radius 2 is 2.12 bits per heavy atom. The molecule has 1 aromatic heterocycles. The summed E-state index contributed by atoms with van der Waals surface area (Å²) >= 11 is 0. The van der Waals surface area contributed by atoms with Crippen LogP contribution < -0.4 is 15.4 Å². The lowest BCUT2D eigenvalue weighted by molar-refractivity contribution is 0.130. The van der Waals surface area contributed by atoms with E-state index >= 15 is 0 Å². The number of guanidine groups is 1. The number of pyridine rings is 1. The van der Waals surface area contributed by atoms with Gasteiger partial charge in [-0.25, -0.2) is 4.98 Å². The maximum atomic E-state index is 6.07. The molecule has 1 heterocycles. The summed E-state index contributed by atoms with van der Waals surface area (Å²) < 4.78 is 11.2. The lowest BCUT2D eigenvalue weighted by Gasteiger charge is -2.26. The first-order chi connectivity index (χ1) is 12.1. The maximum Gasteiger partial charge on any atom is 0.213 e. The average Bonchev–Trinajstić information content (AvgIpc) is 2.61. The fourth-order valence-electron chi connectivity index (χ4n) is 3.05. The van der Waals surface area contributed by atoms with Gasteiger partial charge in [-0.1, -0.05) is 6.92 Å². The summed E-state index contributed by atoms with van der Waals surface area (Å²) in [5, 5.41) is 6.60. The molecule has 1 aromatic rings. The van der Waals surface area contributed by atoms with Gasteiger partial charge in [0.15, 0.2) is 5.96 Å². The molecular weight excluding hydrogens is 316 g/mol. The van der Waals surface area contributed by atoms with Crippen LogP contribution in [0.25, 0.3) is 0 Å². The molecule has 0 spiro atoms. The number of hydrogen-bond acceptors (Lipinski definition) is 4. The minimum absolute atomic E-state index is 0.196. The van der Waals surface area contributed by atoms with Crippen molar-refractivity contribution in [2.24, 2.45) is 10.9 Å². The van der Waals surface area contributed by atoms with Crippen LogP contribution in [0.15, 0.2) is 23.3 Å². The lowest BCUT2D eigenvalue weighted by Crippen LogP contribution is -2.43. The normalized spacial score (nSPS) is 22.3. The van der Waals surface area contributed by atoms with E-state index in [0.29, 0.717) is 19.3 Å². The van der Waals surface area contributed by atoms with E-state index in [-0.39, 0.29) is 6.04 Å². The van der Waals surface area contributed by atoms with Crippen molar-refractivity contribution in [2.45, 2.75) is 58.2 Å². The van der Waals surface area contributed by atoms with Crippen LogP contribution in [-0.4, -0.2) is 43.9 Å². The summed E-state index contributed by atoms with van der Waals surface area (Å²) in [6.07, 6.45) is 6.84. The number of nitrogens with one attached hydrogen (secondary N) is 2. The molecule has 0 radical (unpaired) electrons. The van der Waals surface area contributed by atoms with Gasteiger partial charge in [-0.05, 0) is 50.2 Å². The van der Waals surface area contributed by atoms with Gasteiger partial charge >= 0.3 is 0 Å². The van der Waals surface area contributed by atoms with Crippen molar-refractivity contribution in [3.8, 4) is 5.88 Å². The Balaban J connectivity index is 1.84. The fourth-order valence-corrected chi connectivity index (χ4v) is 3.05. The predicted molar refractivity (Wildman–Crippen MR) is 101 cm³/mol. The van der Waals surface area contributed by atoms with Crippen molar-refractivity contribution in [1.82, 2.24) is 15.6 Å². The Labute approximate surface area is 151 Å². The quantitative estimate of drug-likeness (QED) is 0.586. The Hall–Kier alpha value is -1.82. The van der Waals surface area contributed by atoms with E-state index in [1.165, 1.54) is 12.8 Å². The van der Waals surface area contributed by atoms with Crippen molar-refractivity contribution in [2.75, 3.05) is 20.8 Å². The summed E-state index contributed by atoms with van der Waals surface area (Å²) in [6.45, 7) is 5.67. The van der Waals surface area contributed by atoms with Crippen molar-refractivity contribution in [1.29, 1.82) is 0 Å². The number of ether oxygens (including phenoxy) is 2. The molecular formula is C19H32N4O2. The van der Waals surface area contributed by atoms with Crippen LogP contribution in [0.3, 0.4) is 0 Å². The zero-order valence-corrected chi connectivity index (χ0v) is 15.9. The van der Waals surface area contributed by atoms with E-state index in [1.54, 1.807) is 14.2 Å². The summed E-state index contributed by atoms with van der Waals surface area (Å²) in [6, 6.07) is 4.20. The molecule has 0 bridgehead atoms. The van der Waals surface area contributed by atoms with Gasteiger partial charge in [0.05, 0.1) is 6.61 Å². The minimum atomic E-state index is 0.196. The van der Waals surface area contributed by atoms with Gasteiger partial charge in [-0.2, -0.15) is 0 Å². The van der Waals surface area contributed by atoms with E-state index in [2.05, 4.69) is 34.5 Å². The molecule has 1 saturated carbocycles. The SMILES string of the molecule is CN=C(NCc1ccnc(OC2CCC(C)CC2)c1)NC(C)COC. The topological polar surface area (TPSA) is 67.8 Å². The highest BCUT2D eigenvalue weighted by molar-refractivity contribution is 5.79. The lowest BCUT2D eigenvalue weighted by atomic mass is 9.89. The van der Waals surface area contributed by atoms with Gasteiger partial charge < -0.3 is 20.1 Å². The van der Waals surface area contributed by atoms with Gasteiger partial charge in [0, 0.05) is 39.0 Å². The summed E-state index contributed by atoms with van der Waals surface area (Å²) in [4.78, 5) is 8.60. The number of nitrogens with zero attached hydrogens (tertiary/aromatic N) is 2. The molecule has 6 heteroatoms. The van der Waals surface area contributed by atoms with E-state index in [1.807, 2.05) is 18.3 Å². The first kappa shape index (κ1) is 19.5. The first-order valence-electron chi connectivity index (χ1n) is 9.18. The highest BCUT2D eigenvalue weighted by Crippen LogP contribution is 2.26. The molecule has 0 aromatic carbocycles. The van der Waals surface area contributed by atoms with E-state index in [9.17, 15) is 0 Å². The first-order valence-corrected chi connectivity index (χ1v) is 9.18. The van der Waals surface area contributed by atoms with Crippen LogP contribution in [0.5, 0.6) is 5.88 Å². The third kappa shape index (κ3) is 6.90. The Morgan fingerprint density at radius 1 is 1.36 bits per heavy atom. The smallest absolute Gasteiger partial charge is 0.213 e. The molecule has 0 saturated heterocycles. The average molecular weight is 348 g/mol. The van der Waals surface area contributed by atoms with Crippen molar-refractivity contribution in [3.05, 3.63) is 23.9 Å². The highest BCUT2D eigenvalue weighted by atomic mass is 16.5.